The van der Waals surface area contributed by atoms with Crippen molar-refractivity contribution in [3.05, 3.63) is 41.9 Å². The average molecular weight is 335 g/mol. The Hall–Kier alpha value is -2.54. The monoisotopic (exact) mass is 334 g/mol. The molecule has 2 N–H and O–H groups in total. The molecule has 7 nitrogen and oxygen atoms in total. The van der Waals surface area contributed by atoms with Crippen molar-refractivity contribution in [1.82, 2.24) is 14.9 Å². The van der Waals surface area contributed by atoms with Crippen LogP contribution in [0.1, 0.15) is 6.92 Å². The largest absolute Gasteiger partial charge is 0.466 e. The Kier molecular flexibility index (Phi) is 3.96. The highest BCUT2D eigenvalue weighted by atomic mass is 35.5. The molecule has 1 aromatic carbocycles. The molecule has 0 bridgehead atoms. The van der Waals surface area contributed by atoms with Crippen molar-refractivity contribution < 1.29 is 14.3 Å². The third-order valence-electron chi connectivity index (χ3n) is 3.59. The number of fused-ring (bicyclic) bond motifs is 1. The van der Waals surface area contributed by atoms with Crippen LogP contribution in [0.4, 0.5) is 5.69 Å². The number of anilines is 1. The molecule has 2 heterocycles. The van der Waals surface area contributed by atoms with Crippen molar-refractivity contribution in [3.63, 3.8) is 0 Å². The number of halogens is 1. The third-order valence-corrected chi connectivity index (χ3v) is 3.82. The van der Waals surface area contributed by atoms with E-state index in [2.05, 4.69) is 15.6 Å². The molecule has 0 unspecified atom stereocenters. The molecule has 1 atom stereocenters. The Balaban J connectivity index is 1.69. The number of rotatable bonds is 4. The van der Waals surface area contributed by atoms with Gasteiger partial charge in [0, 0.05) is 30.5 Å². The first-order chi connectivity index (χ1) is 11.0. The van der Waals surface area contributed by atoms with E-state index in [0.29, 0.717) is 29.5 Å². The van der Waals surface area contributed by atoms with Gasteiger partial charge in [0.2, 0.25) is 0 Å². The molecular weight excluding hydrogens is 320 g/mol. The zero-order valence-electron chi connectivity index (χ0n) is 12.4. The second-order valence-electron chi connectivity index (χ2n) is 5.29. The van der Waals surface area contributed by atoms with Crippen LogP contribution in [0.5, 0.6) is 5.75 Å². The Bertz CT molecular complexity index is 747. The van der Waals surface area contributed by atoms with E-state index in [-0.39, 0.29) is 0 Å². The number of hydrogen-bond acceptors (Lipinski definition) is 4. The molecule has 3 rings (SSSR count). The van der Waals surface area contributed by atoms with Crippen LogP contribution >= 0.6 is 11.6 Å². The Morgan fingerprint density at radius 2 is 2.35 bits per heavy atom. The van der Waals surface area contributed by atoms with Gasteiger partial charge in [0.05, 0.1) is 12.0 Å². The van der Waals surface area contributed by atoms with Crippen LogP contribution in [0, 0.1) is 0 Å². The molecule has 2 aromatic rings. The van der Waals surface area contributed by atoms with E-state index in [9.17, 15) is 9.59 Å². The predicted octanol–water partition coefficient (Wildman–Crippen LogP) is 1.44. The average Bonchev–Trinajstić information content (AvgIpc) is 3.02. The minimum Gasteiger partial charge on any atom is -0.466 e. The highest BCUT2D eigenvalue weighted by Gasteiger charge is 2.47. The normalized spacial score (nSPS) is 19.5. The van der Waals surface area contributed by atoms with E-state index in [4.69, 9.17) is 16.3 Å². The molecule has 23 heavy (non-hydrogen) atoms. The summed E-state index contributed by atoms with van der Waals surface area (Å²) < 4.78 is 7.46. The van der Waals surface area contributed by atoms with Gasteiger partial charge in [0.25, 0.3) is 17.4 Å². The highest BCUT2D eigenvalue weighted by molar-refractivity contribution is 6.31. The second kappa shape index (κ2) is 5.92. The van der Waals surface area contributed by atoms with Gasteiger partial charge in [0.15, 0.2) is 0 Å². The molecule has 1 aliphatic rings. The van der Waals surface area contributed by atoms with Gasteiger partial charge in [-0.2, -0.15) is 0 Å². The topological polar surface area (TPSA) is 85.2 Å². The quantitative estimate of drug-likeness (QED) is 0.829. The molecule has 0 saturated carbocycles. The highest BCUT2D eigenvalue weighted by Crippen LogP contribution is 2.35. The molecule has 1 aromatic heterocycles. The minimum atomic E-state index is -1.63. The van der Waals surface area contributed by atoms with Crippen molar-refractivity contribution in [2.45, 2.75) is 19.1 Å². The van der Waals surface area contributed by atoms with Crippen LogP contribution < -0.4 is 15.4 Å². The fourth-order valence-corrected chi connectivity index (χ4v) is 2.40. The van der Waals surface area contributed by atoms with Gasteiger partial charge in [0.1, 0.15) is 5.75 Å². The number of imidazole rings is 1. The lowest BCUT2D eigenvalue weighted by atomic mass is 10.0. The molecule has 0 aliphatic carbocycles. The van der Waals surface area contributed by atoms with E-state index in [1.54, 1.807) is 36.9 Å². The molecule has 2 amide bonds. The molecule has 120 valence electrons. The van der Waals surface area contributed by atoms with E-state index in [1.807, 2.05) is 4.57 Å². The van der Waals surface area contributed by atoms with Gasteiger partial charge in [-0.15, -0.1) is 0 Å². The number of carbonyl (C=O) groups excluding carboxylic acids is 2. The SMILES string of the molecule is C[C@@]1(C(=O)NCCn2ccnc2)Oc2ccc(Cl)cc2NC1=O. The molecule has 0 radical (unpaired) electrons. The second-order valence-corrected chi connectivity index (χ2v) is 5.72. The maximum atomic E-state index is 12.4. The van der Waals surface area contributed by atoms with Crippen molar-refractivity contribution in [3.8, 4) is 5.75 Å². The van der Waals surface area contributed by atoms with Crippen LogP contribution in [-0.2, 0) is 16.1 Å². The summed E-state index contributed by atoms with van der Waals surface area (Å²) in [5, 5.41) is 5.83. The molecule has 8 heteroatoms. The predicted molar refractivity (Wildman–Crippen MR) is 84.4 cm³/mol. The van der Waals surface area contributed by atoms with Crippen LogP contribution in [0.2, 0.25) is 5.02 Å². The maximum absolute atomic E-state index is 12.4. The Morgan fingerprint density at radius 3 is 3.09 bits per heavy atom. The fraction of sp³-hybridized carbons (Fsp3) is 0.267. The summed E-state index contributed by atoms with van der Waals surface area (Å²) in [6.07, 6.45) is 5.10. The van der Waals surface area contributed by atoms with E-state index in [1.165, 1.54) is 6.92 Å². The number of benzene rings is 1. The van der Waals surface area contributed by atoms with E-state index < -0.39 is 17.4 Å². The summed E-state index contributed by atoms with van der Waals surface area (Å²) in [5.41, 5.74) is -1.18. The summed E-state index contributed by atoms with van der Waals surface area (Å²) in [4.78, 5) is 28.6. The van der Waals surface area contributed by atoms with Crippen molar-refractivity contribution >= 4 is 29.1 Å². The number of nitrogens with one attached hydrogen (secondary N) is 2. The van der Waals surface area contributed by atoms with Gasteiger partial charge in [-0.25, -0.2) is 4.98 Å². The first kappa shape index (κ1) is 15.4. The molecule has 1 aliphatic heterocycles. The Morgan fingerprint density at radius 1 is 1.52 bits per heavy atom. The molecular formula is C15H15ClN4O3. The van der Waals surface area contributed by atoms with Crippen LogP contribution in [0.3, 0.4) is 0 Å². The number of ether oxygens (including phenoxy) is 1. The van der Waals surface area contributed by atoms with Gasteiger partial charge in [-0.05, 0) is 25.1 Å². The van der Waals surface area contributed by atoms with Crippen molar-refractivity contribution in [1.29, 1.82) is 0 Å². The molecule has 0 saturated heterocycles. The summed E-state index contributed by atoms with van der Waals surface area (Å²) in [7, 11) is 0. The fourth-order valence-electron chi connectivity index (χ4n) is 2.23. The molecule has 0 spiro atoms. The minimum absolute atomic E-state index is 0.356. The Labute approximate surface area is 137 Å². The first-order valence-electron chi connectivity index (χ1n) is 7.03. The number of hydrogen-bond donors (Lipinski definition) is 2. The number of amides is 2. The lowest BCUT2D eigenvalue weighted by molar-refractivity contribution is -0.146. The van der Waals surface area contributed by atoms with Gasteiger partial charge >= 0.3 is 0 Å². The van der Waals surface area contributed by atoms with Crippen LogP contribution in [-0.4, -0.2) is 33.5 Å². The zero-order chi connectivity index (χ0) is 16.4. The van der Waals surface area contributed by atoms with Crippen molar-refractivity contribution in [2.75, 3.05) is 11.9 Å². The maximum Gasteiger partial charge on any atom is 0.278 e. The molecule has 0 fully saturated rings. The number of carbonyl (C=O) groups is 2. The van der Waals surface area contributed by atoms with Gasteiger partial charge in [-0.3, -0.25) is 9.59 Å². The summed E-state index contributed by atoms with van der Waals surface area (Å²) >= 11 is 5.88. The lowest BCUT2D eigenvalue weighted by Crippen LogP contribution is -2.59. The van der Waals surface area contributed by atoms with Gasteiger partial charge in [-0.1, -0.05) is 11.6 Å². The summed E-state index contributed by atoms with van der Waals surface area (Å²) in [6, 6.07) is 4.83. The van der Waals surface area contributed by atoms with Gasteiger partial charge < -0.3 is 19.9 Å². The van der Waals surface area contributed by atoms with Crippen LogP contribution in [0.25, 0.3) is 0 Å². The standard InChI is InChI=1S/C15H15ClN4O3/c1-15(13(21)18-5-7-20-6-4-17-9-20)14(22)19-11-8-10(16)2-3-12(11)23-15/h2-4,6,8-9H,5,7H2,1H3,(H,18,21)(H,19,22)/t15-/m0/s1. The zero-order valence-corrected chi connectivity index (χ0v) is 13.1. The number of nitrogens with zero attached hydrogens (tertiary/aromatic N) is 2. The third kappa shape index (κ3) is 3.00. The summed E-state index contributed by atoms with van der Waals surface area (Å²) in [5.74, 6) is -0.635. The first-order valence-corrected chi connectivity index (χ1v) is 7.41. The smallest absolute Gasteiger partial charge is 0.278 e. The summed E-state index contributed by atoms with van der Waals surface area (Å²) in [6.45, 7) is 2.34. The van der Waals surface area contributed by atoms with E-state index >= 15 is 0 Å². The number of aromatic nitrogens is 2. The van der Waals surface area contributed by atoms with Crippen molar-refractivity contribution in [2.24, 2.45) is 0 Å². The van der Waals surface area contributed by atoms with E-state index in [0.717, 1.165) is 0 Å². The lowest BCUT2D eigenvalue weighted by Gasteiger charge is -2.33. The van der Waals surface area contributed by atoms with Crippen LogP contribution in [0.15, 0.2) is 36.9 Å².